The molecule has 1 radical (unpaired) electrons. The quantitative estimate of drug-likeness (QED) is 0.655. The van der Waals surface area contributed by atoms with E-state index in [-0.39, 0.29) is 0 Å². The highest BCUT2D eigenvalue weighted by Gasteiger charge is 2.12. The minimum absolute atomic E-state index is 0.319. The summed E-state index contributed by atoms with van der Waals surface area (Å²) in [5.41, 5.74) is 1.06. The largest absolute Gasteiger partial charge is 0.454 e. The van der Waals surface area contributed by atoms with Gasteiger partial charge in [0.1, 0.15) is 0 Å². The molecule has 1 aliphatic heterocycles. The lowest BCUT2D eigenvalue weighted by atomic mass is 10.1. The molecule has 2 nitrogen and oxygen atoms in total. The predicted molar refractivity (Wildman–Crippen MR) is 46.7 cm³/mol. The fourth-order valence-electron chi connectivity index (χ4n) is 1.13. The second-order valence-electron chi connectivity index (χ2n) is 2.47. The molecule has 1 aromatic rings. The van der Waals surface area contributed by atoms with Crippen LogP contribution < -0.4 is 9.47 Å². The Kier molecular flexibility index (Phi) is 2.09. The number of fused-ring (bicyclic) bond motifs is 1. The Morgan fingerprint density at radius 1 is 1.33 bits per heavy atom. The molecule has 0 atom stereocenters. The van der Waals surface area contributed by atoms with Crippen molar-refractivity contribution < 1.29 is 9.47 Å². The highest BCUT2D eigenvalue weighted by atomic mass is 35.5. The van der Waals surface area contributed by atoms with Crippen LogP contribution in [0.2, 0.25) is 0 Å². The molecular formula is C9H8ClO2. The minimum atomic E-state index is 0.319. The topological polar surface area (TPSA) is 18.5 Å². The highest BCUT2D eigenvalue weighted by molar-refractivity contribution is 6.18. The van der Waals surface area contributed by atoms with Gasteiger partial charge in [-0.05, 0) is 17.7 Å². The molecule has 0 saturated carbocycles. The Bertz CT molecular complexity index is 286. The van der Waals surface area contributed by atoms with E-state index in [1.54, 1.807) is 0 Å². The van der Waals surface area contributed by atoms with Crippen LogP contribution in [0, 0.1) is 6.42 Å². The van der Waals surface area contributed by atoms with E-state index in [4.69, 9.17) is 21.1 Å². The van der Waals surface area contributed by atoms with Gasteiger partial charge in [0, 0.05) is 12.3 Å². The molecule has 0 spiro atoms. The highest BCUT2D eigenvalue weighted by Crippen LogP contribution is 2.32. The van der Waals surface area contributed by atoms with E-state index < -0.39 is 0 Å². The van der Waals surface area contributed by atoms with E-state index in [1.807, 2.05) is 24.6 Å². The van der Waals surface area contributed by atoms with Gasteiger partial charge in [0.05, 0.1) is 0 Å². The fraction of sp³-hybridized carbons (Fsp3) is 0.222. The molecule has 0 N–H and O–H groups in total. The average molecular weight is 184 g/mol. The molecule has 1 heterocycles. The Labute approximate surface area is 76.1 Å². The van der Waals surface area contributed by atoms with Crippen molar-refractivity contribution in [2.45, 2.75) is 0 Å². The summed E-state index contributed by atoms with van der Waals surface area (Å²) in [6.07, 6.45) is 1.92. The first kappa shape index (κ1) is 7.74. The van der Waals surface area contributed by atoms with Crippen molar-refractivity contribution in [3.05, 3.63) is 30.2 Å². The first-order valence-electron chi connectivity index (χ1n) is 3.69. The van der Waals surface area contributed by atoms with Crippen molar-refractivity contribution in [3.8, 4) is 11.5 Å². The summed E-state index contributed by atoms with van der Waals surface area (Å²) in [6, 6.07) is 5.77. The minimum Gasteiger partial charge on any atom is -0.454 e. The summed E-state index contributed by atoms with van der Waals surface area (Å²) in [7, 11) is 0. The second-order valence-corrected chi connectivity index (χ2v) is 2.78. The zero-order valence-electron chi connectivity index (χ0n) is 6.42. The first-order valence-corrected chi connectivity index (χ1v) is 4.22. The molecule has 2 rings (SSSR count). The molecule has 0 aromatic heterocycles. The maximum absolute atomic E-state index is 5.56. The van der Waals surface area contributed by atoms with E-state index >= 15 is 0 Å². The molecule has 3 heteroatoms. The molecule has 0 aliphatic carbocycles. The summed E-state index contributed by atoms with van der Waals surface area (Å²) >= 11 is 5.56. The van der Waals surface area contributed by atoms with E-state index in [9.17, 15) is 0 Å². The average Bonchev–Trinajstić information content (AvgIpc) is 2.51. The van der Waals surface area contributed by atoms with Gasteiger partial charge in [0.25, 0.3) is 0 Å². The van der Waals surface area contributed by atoms with Crippen LogP contribution in [0.5, 0.6) is 11.5 Å². The number of ether oxygens (including phenoxy) is 2. The monoisotopic (exact) mass is 183 g/mol. The Morgan fingerprint density at radius 2 is 2.17 bits per heavy atom. The van der Waals surface area contributed by atoms with Crippen molar-refractivity contribution in [3.63, 3.8) is 0 Å². The molecule has 0 bridgehead atoms. The van der Waals surface area contributed by atoms with Gasteiger partial charge in [0.2, 0.25) is 6.79 Å². The van der Waals surface area contributed by atoms with Gasteiger partial charge in [-0.1, -0.05) is 6.07 Å². The van der Waals surface area contributed by atoms with Crippen LogP contribution in [0.15, 0.2) is 18.2 Å². The molecule has 0 fully saturated rings. The fourth-order valence-corrected chi connectivity index (χ4v) is 1.31. The van der Waals surface area contributed by atoms with Crippen LogP contribution in [0.4, 0.5) is 0 Å². The summed E-state index contributed by atoms with van der Waals surface area (Å²) in [4.78, 5) is 0. The van der Waals surface area contributed by atoms with E-state index in [2.05, 4.69) is 0 Å². The normalized spacial score (nSPS) is 13.4. The first-order chi connectivity index (χ1) is 5.90. The maximum atomic E-state index is 5.56. The number of halogens is 1. The zero-order chi connectivity index (χ0) is 8.39. The van der Waals surface area contributed by atoms with Crippen LogP contribution in [0.1, 0.15) is 5.56 Å². The Hall–Kier alpha value is -0.890. The summed E-state index contributed by atoms with van der Waals surface area (Å²) < 4.78 is 10.4. The molecule has 0 unspecified atom stereocenters. The predicted octanol–water partition coefficient (Wildman–Crippen LogP) is 2.21. The Morgan fingerprint density at radius 3 is 3.00 bits per heavy atom. The summed E-state index contributed by atoms with van der Waals surface area (Å²) in [6.45, 7) is 0.319. The maximum Gasteiger partial charge on any atom is 0.231 e. The van der Waals surface area contributed by atoms with Crippen LogP contribution >= 0.6 is 11.6 Å². The van der Waals surface area contributed by atoms with Crippen LogP contribution in [-0.4, -0.2) is 12.7 Å². The molecule has 1 aromatic carbocycles. The van der Waals surface area contributed by atoms with Crippen LogP contribution in [-0.2, 0) is 0 Å². The third-order valence-electron chi connectivity index (χ3n) is 1.71. The number of hydrogen-bond donors (Lipinski definition) is 0. The van der Waals surface area contributed by atoms with E-state index in [1.165, 1.54) is 0 Å². The number of benzene rings is 1. The summed E-state index contributed by atoms with van der Waals surface area (Å²) in [5, 5.41) is 0. The smallest absolute Gasteiger partial charge is 0.231 e. The molecule has 1 aliphatic rings. The lowest BCUT2D eigenvalue weighted by Crippen LogP contribution is -1.92. The number of alkyl halides is 1. The third kappa shape index (κ3) is 1.34. The second kappa shape index (κ2) is 3.23. The lowest BCUT2D eigenvalue weighted by molar-refractivity contribution is 0.174. The molecule has 12 heavy (non-hydrogen) atoms. The van der Waals surface area contributed by atoms with Gasteiger partial charge < -0.3 is 9.47 Å². The SMILES string of the molecule is ClC[CH]c1ccc2c(c1)OCO2. The molecule has 0 saturated heterocycles. The number of hydrogen-bond acceptors (Lipinski definition) is 2. The third-order valence-corrected chi connectivity index (χ3v) is 1.86. The standard InChI is InChI=1S/C9H8ClO2/c10-4-3-7-1-2-8-9(5-7)12-6-11-8/h1-3,5H,4,6H2. The van der Waals surface area contributed by atoms with Gasteiger partial charge in [0.15, 0.2) is 11.5 Å². The van der Waals surface area contributed by atoms with Crippen molar-refractivity contribution in [1.29, 1.82) is 0 Å². The van der Waals surface area contributed by atoms with Crippen molar-refractivity contribution in [2.24, 2.45) is 0 Å². The van der Waals surface area contributed by atoms with Gasteiger partial charge >= 0.3 is 0 Å². The van der Waals surface area contributed by atoms with Crippen LogP contribution in [0.25, 0.3) is 0 Å². The summed E-state index contributed by atoms with van der Waals surface area (Å²) in [5.74, 6) is 2.12. The molecular weight excluding hydrogens is 176 g/mol. The van der Waals surface area contributed by atoms with E-state index in [0.717, 1.165) is 17.1 Å². The number of rotatable bonds is 2. The van der Waals surface area contributed by atoms with Gasteiger partial charge in [-0.15, -0.1) is 11.6 Å². The van der Waals surface area contributed by atoms with Crippen molar-refractivity contribution in [2.75, 3.05) is 12.7 Å². The molecule has 0 amide bonds. The van der Waals surface area contributed by atoms with Crippen molar-refractivity contribution in [1.82, 2.24) is 0 Å². The van der Waals surface area contributed by atoms with Crippen molar-refractivity contribution >= 4 is 11.6 Å². The van der Waals surface area contributed by atoms with Gasteiger partial charge in [-0.25, -0.2) is 0 Å². The van der Waals surface area contributed by atoms with E-state index in [0.29, 0.717) is 12.7 Å². The molecule has 63 valence electrons. The zero-order valence-corrected chi connectivity index (χ0v) is 7.17. The van der Waals surface area contributed by atoms with Gasteiger partial charge in [-0.2, -0.15) is 0 Å². The van der Waals surface area contributed by atoms with Crippen LogP contribution in [0.3, 0.4) is 0 Å². The van der Waals surface area contributed by atoms with Gasteiger partial charge in [-0.3, -0.25) is 0 Å². The Balaban J connectivity index is 2.26. The lowest BCUT2D eigenvalue weighted by Gasteiger charge is -1.98.